The summed E-state index contributed by atoms with van der Waals surface area (Å²) in [5, 5.41) is 9.35. The number of fused-ring (bicyclic) bond motifs is 2. The molecule has 1 unspecified atom stereocenters. The number of nitrogens with one attached hydrogen (secondary N) is 3. The average molecular weight is 810 g/mol. The number of ether oxygens (including phenoxy) is 1. The molecule has 0 aliphatic carbocycles. The number of likely N-dealkylation sites (N-methyl/N-ethyl adjacent to an activating group) is 1. The number of nitrogens with zero attached hydrogens (tertiary/aromatic N) is 6. The number of carbonyl (C=O) groups excluding carboxylic acids is 5. The predicted molar refractivity (Wildman–Crippen MR) is 218 cm³/mol. The summed E-state index contributed by atoms with van der Waals surface area (Å²) in [6, 6.07) is 13.5. The van der Waals surface area contributed by atoms with Gasteiger partial charge >= 0.3 is 0 Å². The maximum absolute atomic E-state index is 13.3. The number of benzene rings is 2. The van der Waals surface area contributed by atoms with E-state index in [-0.39, 0.29) is 42.2 Å². The lowest BCUT2D eigenvalue weighted by atomic mass is 9.95. The smallest absolute Gasteiger partial charge is 0.293 e. The number of piperazine rings is 1. The van der Waals surface area contributed by atoms with Gasteiger partial charge in [0.1, 0.15) is 11.9 Å². The lowest BCUT2D eigenvalue weighted by molar-refractivity contribution is -0.136. The lowest BCUT2D eigenvalue weighted by Gasteiger charge is -2.39. The summed E-state index contributed by atoms with van der Waals surface area (Å²) in [6.07, 6.45) is 3.86. The Morgan fingerprint density at radius 3 is 2.40 bits per heavy atom. The third-order valence-electron chi connectivity index (χ3n) is 11.6. The molecule has 3 fully saturated rings. The average Bonchev–Trinajstić information content (AvgIpc) is 3.47. The van der Waals surface area contributed by atoms with Crippen molar-refractivity contribution in [2.24, 2.45) is 13.0 Å². The maximum Gasteiger partial charge on any atom is 0.293 e. The van der Waals surface area contributed by atoms with Gasteiger partial charge in [-0.1, -0.05) is 11.6 Å². The first-order chi connectivity index (χ1) is 28.0. The second kappa shape index (κ2) is 16.1. The zero-order chi connectivity index (χ0) is 40.7. The van der Waals surface area contributed by atoms with Crippen LogP contribution >= 0.6 is 11.6 Å². The van der Waals surface area contributed by atoms with Gasteiger partial charge in [-0.05, 0) is 67.6 Å². The van der Waals surface area contributed by atoms with E-state index >= 15 is 0 Å². The number of aromatic nitrogens is 2. The summed E-state index contributed by atoms with van der Waals surface area (Å²) in [5.74, 6) is -0.906. The van der Waals surface area contributed by atoms with E-state index in [1.165, 1.54) is 11.6 Å². The molecule has 0 bridgehead atoms. The Morgan fingerprint density at radius 2 is 1.66 bits per heavy atom. The minimum absolute atomic E-state index is 0.0840. The third kappa shape index (κ3) is 7.68. The van der Waals surface area contributed by atoms with Crippen molar-refractivity contribution in [3.8, 4) is 5.75 Å². The molecule has 0 radical (unpaired) electrons. The number of piperidine rings is 2. The van der Waals surface area contributed by atoms with E-state index in [1.807, 2.05) is 30.3 Å². The Bertz CT molecular complexity index is 2390. The molecule has 2 aromatic carbocycles. The zero-order valence-corrected chi connectivity index (χ0v) is 33.0. The Hall–Kier alpha value is -6.00. The van der Waals surface area contributed by atoms with Crippen LogP contribution in [0, 0.1) is 5.92 Å². The van der Waals surface area contributed by atoms with Gasteiger partial charge in [-0.25, -0.2) is 4.98 Å². The molecule has 58 heavy (non-hydrogen) atoms. The number of hydrogen-bond donors (Lipinski definition) is 3. The molecule has 302 valence electrons. The van der Waals surface area contributed by atoms with Gasteiger partial charge in [-0.2, -0.15) is 0 Å². The number of halogens is 1. The molecule has 3 saturated heterocycles. The van der Waals surface area contributed by atoms with Gasteiger partial charge in [-0.3, -0.25) is 43.9 Å². The maximum atomic E-state index is 13.3. The zero-order valence-electron chi connectivity index (χ0n) is 32.3. The second-order valence-corrected chi connectivity index (χ2v) is 15.6. The third-order valence-corrected chi connectivity index (χ3v) is 11.9. The quantitative estimate of drug-likeness (QED) is 0.200. The number of anilines is 4. The van der Waals surface area contributed by atoms with Crippen molar-refractivity contribution in [2.45, 2.75) is 31.7 Å². The summed E-state index contributed by atoms with van der Waals surface area (Å²) < 4.78 is 7.00. The van der Waals surface area contributed by atoms with Crippen LogP contribution in [0.2, 0.25) is 5.02 Å². The largest absolute Gasteiger partial charge is 0.478 e. The van der Waals surface area contributed by atoms with Gasteiger partial charge in [0, 0.05) is 89.2 Å². The van der Waals surface area contributed by atoms with Crippen LogP contribution in [0.15, 0.2) is 59.5 Å². The van der Waals surface area contributed by atoms with E-state index in [1.54, 1.807) is 31.4 Å². The van der Waals surface area contributed by atoms with E-state index in [9.17, 15) is 28.8 Å². The molecular formula is C41H44ClN9O7. The van der Waals surface area contributed by atoms with E-state index in [0.717, 1.165) is 86.1 Å². The molecule has 4 aliphatic rings. The summed E-state index contributed by atoms with van der Waals surface area (Å²) in [4.78, 5) is 87.7. The van der Waals surface area contributed by atoms with Gasteiger partial charge in [0.2, 0.25) is 11.8 Å². The standard InChI is InChI=1S/C41H44ClN9O7/c1-43-37(53)23-58-34-18-25-17-26(3-6-32(25)47(2)41(34)57)45-31-20-35(44-21-30(31)42)50-15-13-48(14-16-50)22-24-9-11-49(12-10-24)27-4-5-28-29(19-27)40(56)51(39(28)55)33-7-8-36(52)46-38(33)54/h3-6,17-21,24,33H,7-16,22-23H2,1-2H3,(H,43,53)(H,44,45)(H,46,52,54). The summed E-state index contributed by atoms with van der Waals surface area (Å²) in [7, 11) is 3.17. The van der Waals surface area contributed by atoms with Gasteiger partial charge in [0.05, 0.1) is 33.6 Å². The fourth-order valence-electron chi connectivity index (χ4n) is 8.26. The minimum Gasteiger partial charge on any atom is -0.478 e. The van der Waals surface area contributed by atoms with E-state index in [0.29, 0.717) is 27.7 Å². The molecule has 4 aromatic rings. The lowest BCUT2D eigenvalue weighted by Crippen LogP contribution is -2.54. The molecule has 1 atom stereocenters. The highest BCUT2D eigenvalue weighted by atomic mass is 35.5. The van der Waals surface area contributed by atoms with E-state index in [2.05, 4.69) is 35.6 Å². The van der Waals surface area contributed by atoms with Crippen molar-refractivity contribution in [1.29, 1.82) is 0 Å². The molecule has 3 N–H and O–H groups in total. The van der Waals surface area contributed by atoms with E-state index < -0.39 is 29.7 Å². The number of aryl methyl sites for hydroxylation is 1. The molecular weight excluding hydrogens is 766 g/mol. The summed E-state index contributed by atoms with van der Waals surface area (Å²) in [6.45, 7) is 5.80. The highest BCUT2D eigenvalue weighted by Crippen LogP contribution is 2.34. The van der Waals surface area contributed by atoms with Crippen molar-refractivity contribution >= 4 is 74.9 Å². The Kier molecular flexibility index (Phi) is 10.8. The molecule has 16 nitrogen and oxygen atoms in total. The molecule has 17 heteroatoms. The van der Waals surface area contributed by atoms with Crippen molar-refractivity contribution in [2.75, 3.05) is 74.6 Å². The minimum atomic E-state index is -0.981. The molecule has 4 aliphatic heterocycles. The fraction of sp³-hybridized carbons (Fsp3) is 0.390. The first-order valence-electron chi connectivity index (χ1n) is 19.4. The number of imide groups is 2. The fourth-order valence-corrected chi connectivity index (χ4v) is 8.41. The van der Waals surface area contributed by atoms with Gasteiger partial charge in [0.15, 0.2) is 12.4 Å². The van der Waals surface area contributed by atoms with Crippen molar-refractivity contribution in [3.63, 3.8) is 0 Å². The van der Waals surface area contributed by atoms with Crippen LogP contribution in [-0.4, -0.2) is 114 Å². The monoisotopic (exact) mass is 809 g/mol. The van der Waals surface area contributed by atoms with Crippen LogP contribution < -0.4 is 36.0 Å². The van der Waals surface area contributed by atoms with Crippen LogP contribution in [0.1, 0.15) is 46.4 Å². The Labute approximate surface area is 339 Å². The van der Waals surface area contributed by atoms with Crippen LogP contribution in [0.3, 0.4) is 0 Å². The highest BCUT2D eigenvalue weighted by Gasteiger charge is 2.45. The number of amides is 5. The molecule has 0 saturated carbocycles. The summed E-state index contributed by atoms with van der Waals surface area (Å²) in [5.41, 5.74) is 3.31. The number of pyridine rings is 2. The molecule has 2 aromatic heterocycles. The predicted octanol–water partition coefficient (Wildman–Crippen LogP) is 2.90. The summed E-state index contributed by atoms with van der Waals surface area (Å²) >= 11 is 6.61. The van der Waals surface area contributed by atoms with Gasteiger partial charge in [0.25, 0.3) is 23.3 Å². The first kappa shape index (κ1) is 38.9. The van der Waals surface area contributed by atoms with Crippen LogP contribution in [0.4, 0.5) is 22.9 Å². The SMILES string of the molecule is CNC(=O)COc1cc2cc(Nc3cc(N4CCN(CC5CCN(c6ccc7c(c6)C(=O)N(C6CCC(=O)NC6=O)C7=O)CC5)CC4)ncc3Cl)ccc2n(C)c1=O. The molecule has 8 rings (SSSR count). The topological polar surface area (TPSA) is 179 Å². The van der Waals surface area contributed by atoms with Gasteiger partial charge in [-0.15, -0.1) is 0 Å². The van der Waals surface area contributed by atoms with Crippen LogP contribution in [0.5, 0.6) is 5.75 Å². The molecule has 5 amide bonds. The molecule has 0 spiro atoms. The Balaban J connectivity index is 0.842. The number of rotatable bonds is 10. The van der Waals surface area contributed by atoms with E-state index in [4.69, 9.17) is 16.3 Å². The van der Waals surface area contributed by atoms with Crippen LogP contribution in [0.25, 0.3) is 10.9 Å². The normalized spacial score (nSPS) is 19.1. The first-order valence-corrected chi connectivity index (χ1v) is 19.8. The second-order valence-electron chi connectivity index (χ2n) is 15.2. The highest BCUT2D eigenvalue weighted by molar-refractivity contribution is 6.33. The Morgan fingerprint density at radius 1 is 0.897 bits per heavy atom. The van der Waals surface area contributed by atoms with Crippen LogP contribution in [-0.2, 0) is 21.4 Å². The van der Waals surface area contributed by atoms with Crippen molar-refractivity contribution in [1.82, 2.24) is 30.0 Å². The number of carbonyl (C=O) groups is 5. The van der Waals surface area contributed by atoms with Crippen molar-refractivity contribution in [3.05, 3.63) is 81.2 Å². The van der Waals surface area contributed by atoms with Crippen molar-refractivity contribution < 1.29 is 28.7 Å². The number of hydrogen-bond acceptors (Lipinski definition) is 12. The van der Waals surface area contributed by atoms with Gasteiger partial charge < -0.3 is 29.7 Å². The molecule has 6 heterocycles.